The second kappa shape index (κ2) is 6.80. The van der Waals surface area contributed by atoms with Gasteiger partial charge < -0.3 is 4.98 Å². The summed E-state index contributed by atoms with van der Waals surface area (Å²) in [5.74, 6) is 0.628. The Labute approximate surface area is 178 Å². The van der Waals surface area contributed by atoms with Gasteiger partial charge in [0, 0.05) is 23.0 Å². The highest BCUT2D eigenvalue weighted by Crippen LogP contribution is 2.38. The fourth-order valence-corrected chi connectivity index (χ4v) is 4.31. The van der Waals surface area contributed by atoms with Gasteiger partial charge in [-0.3, -0.25) is 4.68 Å². The molecule has 1 N–H and O–H groups in total. The smallest absolute Gasteiger partial charge is 0.158 e. The minimum absolute atomic E-state index is 0.173. The molecule has 28 heavy (non-hydrogen) atoms. The van der Waals surface area contributed by atoms with E-state index < -0.39 is 0 Å². The minimum Gasteiger partial charge on any atom is -0.337 e. The van der Waals surface area contributed by atoms with Crippen LogP contribution in [0, 0.1) is 0 Å². The maximum Gasteiger partial charge on any atom is 0.158 e. The highest BCUT2D eigenvalue weighted by molar-refractivity contribution is 6.36. The standard InChI is InChI=1S/C21H19Cl3N4/c1-21(2,3)19-16(24)18(28(4)27-19)20-25-15-10-11(9-14(23)17(15)26-20)12-7-5-6-8-13(12)22/h5-10H,1-4H3,(H,25,26). The van der Waals surface area contributed by atoms with Crippen molar-refractivity contribution in [2.24, 2.45) is 7.05 Å². The van der Waals surface area contributed by atoms with Gasteiger partial charge in [-0.2, -0.15) is 5.10 Å². The number of imidazole rings is 1. The Morgan fingerprint density at radius 3 is 2.36 bits per heavy atom. The number of hydrogen-bond acceptors (Lipinski definition) is 2. The molecule has 4 rings (SSSR count). The predicted molar refractivity (Wildman–Crippen MR) is 117 cm³/mol. The molecule has 0 bridgehead atoms. The lowest BCUT2D eigenvalue weighted by molar-refractivity contribution is 0.553. The Morgan fingerprint density at radius 1 is 1.00 bits per heavy atom. The number of fused-ring (bicyclic) bond motifs is 1. The largest absolute Gasteiger partial charge is 0.337 e. The first kappa shape index (κ1) is 19.3. The van der Waals surface area contributed by atoms with Gasteiger partial charge in [-0.05, 0) is 23.8 Å². The summed E-state index contributed by atoms with van der Waals surface area (Å²) >= 11 is 19.6. The van der Waals surface area contributed by atoms with Crippen LogP contribution in [0.25, 0.3) is 33.7 Å². The molecule has 0 aliphatic heterocycles. The molecule has 0 radical (unpaired) electrons. The van der Waals surface area contributed by atoms with Gasteiger partial charge >= 0.3 is 0 Å². The number of rotatable bonds is 2. The Morgan fingerprint density at radius 2 is 1.71 bits per heavy atom. The van der Waals surface area contributed by atoms with E-state index in [1.165, 1.54) is 0 Å². The van der Waals surface area contributed by atoms with Crippen molar-refractivity contribution >= 4 is 45.8 Å². The van der Waals surface area contributed by atoms with Crippen molar-refractivity contribution in [3.63, 3.8) is 0 Å². The highest BCUT2D eigenvalue weighted by Gasteiger charge is 2.27. The first-order valence-electron chi connectivity index (χ1n) is 8.84. The molecule has 0 amide bonds. The number of H-pyrrole nitrogens is 1. The number of aromatic amines is 1. The molecule has 0 fully saturated rings. The monoisotopic (exact) mass is 432 g/mol. The zero-order chi connectivity index (χ0) is 20.2. The third-order valence-electron chi connectivity index (χ3n) is 4.65. The maximum absolute atomic E-state index is 6.67. The molecule has 4 nitrogen and oxygen atoms in total. The molecule has 0 spiro atoms. The molecule has 0 aliphatic carbocycles. The predicted octanol–water partition coefficient (Wildman–Crippen LogP) is 6.89. The van der Waals surface area contributed by atoms with E-state index in [0.717, 1.165) is 28.0 Å². The molecule has 0 aliphatic rings. The van der Waals surface area contributed by atoms with Crippen LogP contribution in [0.5, 0.6) is 0 Å². The van der Waals surface area contributed by atoms with Crippen LogP contribution in [0.4, 0.5) is 0 Å². The SMILES string of the molecule is Cn1nc(C(C)(C)C)c(Cl)c1-c1nc2c(Cl)cc(-c3ccccc3Cl)cc2[nH]1. The van der Waals surface area contributed by atoms with Gasteiger partial charge in [0.25, 0.3) is 0 Å². The van der Waals surface area contributed by atoms with Gasteiger partial charge in [-0.1, -0.05) is 73.8 Å². The summed E-state index contributed by atoms with van der Waals surface area (Å²) in [6.45, 7) is 6.24. The summed E-state index contributed by atoms with van der Waals surface area (Å²) in [5.41, 5.74) is 4.72. The molecule has 0 unspecified atom stereocenters. The number of aromatic nitrogens is 4. The third kappa shape index (κ3) is 3.20. The van der Waals surface area contributed by atoms with Crippen molar-refractivity contribution in [2.45, 2.75) is 26.2 Å². The van der Waals surface area contributed by atoms with Gasteiger partial charge in [0.15, 0.2) is 5.82 Å². The van der Waals surface area contributed by atoms with Crippen LogP contribution in [0.1, 0.15) is 26.5 Å². The number of nitrogens with one attached hydrogen (secondary N) is 1. The summed E-state index contributed by atoms with van der Waals surface area (Å²) in [6, 6.07) is 11.5. The molecule has 0 atom stereocenters. The summed E-state index contributed by atoms with van der Waals surface area (Å²) in [7, 11) is 1.86. The van der Waals surface area contributed by atoms with Crippen LogP contribution in [-0.2, 0) is 12.5 Å². The number of hydrogen-bond donors (Lipinski definition) is 1. The van der Waals surface area contributed by atoms with E-state index in [4.69, 9.17) is 39.8 Å². The van der Waals surface area contributed by atoms with E-state index in [2.05, 4.69) is 30.9 Å². The zero-order valence-electron chi connectivity index (χ0n) is 15.9. The van der Waals surface area contributed by atoms with E-state index in [1.807, 2.05) is 43.4 Å². The summed E-state index contributed by atoms with van der Waals surface area (Å²) in [5, 5.41) is 6.41. The molecular formula is C21H19Cl3N4. The Kier molecular flexibility index (Phi) is 4.69. The first-order chi connectivity index (χ1) is 13.2. The zero-order valence-corrected chi connectivity index (χ0v) is 18.2. The van der Waals surface area contributed by atoms with Crippen LogP contribution in [0.2, 0.25) is 15.1 Å². The average Bonchev–Trinajstić information content (AvgIpc) is 3.15. The van der Waals surface area contributed by atoms with E-state index in [9.17, 15) is 0 Å². The van der Waals surface area contributed by atoms with Gasteiger partial charge in [0.2, 0.25) is 0 Å². The van der Waals surface area contributed by atoms with Crippen molar-refractivity contribution in [3.8, 4) is 22.6 Å². The van der Waals surface area contributed by atoms with Crippen molar-refractivity contribution < 1.29 is 0 Å². The van der Waals surface area contributed by atoms with E-state index >= 15 is 0 Å². The fraction of sp³-hybridized carbons (Fsp3) is 0.238. The number of nitrogens with zero attached hydrogens (tertiary/aromatic N) is 3. The number of aryl methyl sites for hydroxylation is 1. The van der Waals surface area contributed by atoms with Crippen molar-refractivity contribution in [3.05, 3.63) is 57.2 Å². The van der Waals surface area contributed by atoms with Crippen molar-refractivity contribution in [1.29, 1.82) is 0 Å². The Balaban J connectivity index is 1.89. The molecule has 0 saturated heterocycles. The quantitative estimate of drug-likeness (QED) is 0.374. The van der Waals surface area contributed by atoms with E-state index in [0.29, 0.717) is 26.4 Å². The normalized spacial score (nSPS) is 12.1. The van der Waals surface area contributed by atoms with Crippen LogP contribution < -0.4 is 0 Å². The van der Waals surface area contributed by atoms with Crippen molar-refractivity contribution in [1.82, 2.24) is 19.7 Å². The molecule has 2 heterocycles. The number of benzene rings is 2. The molecule has 0 saturated carbocycles. The summed E-state index contributed by atoms with van der Waals surface area (Å²) in [4.78, 5) is 8.04. The van der Waals surface area contributed by atoms with Crippen LogP contribution in [-0.4, -0.2) is 19.7 Å². The molecule has 2 aromatic heterocycles. The second-order valence-corrected chi connectivity index (χ2v) is 9.00. The van der Waals surface area contributed by atoms with Crippen LogP contribution in [0.3, 0.4) is 0 Å². The summed E-state index contributed by atoms with van der Waals surface area (Å²) in [6.07, 6.45) is 0. The first-order valence-corrected chi connectivity index (χ1v) is 9.97. The van der Waals surface area contributed by atoms with Crippen LogP contribution >= 0.6 is 34.8 Å². The molecule has 4 aromatic rings. The molecular weight excluding hydrogens is 415 g/mol. The summed E-state index contributed by atoms with van der Waals surface area (Å²) < 4.78 is 1.75. The third-order valence-corrected chi connectivity index (χ3v) is 5.62. The topological polar surface area (TPSA) is 46.5 Å². The lowest BCUT2D eigenvalue weighted by Crippen LogP contribution is -2.12. The van der Waals surface area contributed by atoms with Gasteiger partial charge in [-0.15, -0.1) is 0 Å². The van der Waals surface area contributed by atoms with Crippen LogP contribution in [0.15, 0.2) is 36.4 Å². The number of halogens is 3. The van der Waals surface area contributed by atoms with Gasteiger partial charge in [0.1, 0.15) is 11.2 Å². The van der Waals surface area contributed by atoms with E-state index in [-0.39, 0.29) is 5.41 Å². The highest BCUT2D eigenvalue weighted by atomic mass is 35.5. The lowest BCUT2D eigenvalue weighted by Gasteiger charge is -2.15. The molecule has 144 valence electrons. The molecule has 2 aromatic carbocycles. The van der Waals surface area contributed by atoms with Gasteiger partial charge in [0.05, 0.1) is 21.3 Å². The van der Waals surface area contributed by atoms with Crippen molar-refractivity contribution in [2.75, 3.05) is 0 Å². The molecule has 7 heteroatoms. The average molecular weight is 434 g/mol. The van der Waals surface area contributed by atoms with E-state index in [1.54, 1.807) is 4.68 Å². The second-order valence-electron chi connectivity index (χ2n) is 7.80. The minimum atomic E-state index is -0.173. The Bertz CT molecular complexity index is 1200. The lowest BCUT2D eigenvalue weighted by atomic mass is 9.92. The maximum atomic E-state index is 6.67. The Hall–Kier alpha value is -2.01. The fourth-order valence-electron chi connectivity index (χ4n) is 3.27. The van der Waals surface area contributed by atoms with Gasteiger partial charge in [-0.25, -0.2) is 4.98 Å².